The van der Waals surface area contributed by atoms with Gasteiger partial charge in [0.05, 0.1) is 11.8 Å². The van der Waals surface area contributed by atoms with Crippen LogP contribution in [-0.4, -0.2) is 72.7 Å². The number of nitrogens with zero attached hydrogens (tertiary/aromatic N) is 4. The zero-order valence-electron chi connectivity index (χ0n) is 14.2. The molecular formula is C18H23FN4O2. The molecule has 2 saturated heterocycles. The fraction of sp³-hybridized carbons (Fsp3) is 0.556. The molecule has 1 atom stereocenters. The summed E-state index contributed by atoms with van der Waals surface area (Å²) in [7, 11) is 0. The van der Waals surface area contributed by atoms with Gasteiger partial charge in [-0.05, 0) is 18.6 Å². The molecule has 7 heteroatoms. The lowest BCUT2D eigenvalue weighted by Gasteiger charge is -2.37. The number of piperazine rings is 1. The van der Waals surface area contributed by atoms with E-state index in [9.17, 15) is 14.3 Å². The number of benzene rings is 1. The molecule has 1 aromatic carbocycles. The number of carbonyl (C=O) groups is 1. The lowest BCUT2D eigenvalue weighted by molar-refractivity contribution is -0.129. The average molecular weight is 346 g/mol. The first-order valence-electron chi connectivity index (χ1n) is 8.70. The molecule has 2 aliphatic heterocycles. The maximum absolute atomic E-state index is 13.8. The molecule has 2 fully saturated rings. The third kappa shape index (κ3) is 4.09. The van der Waals surface area contributed by atoms with Crippen LogP contribution < -0.4 is 4.90 Å². The predicted molar refractivity (Wildman–Crippen MR) is 91.6 cm³/mol. The standard InChI is InChI=1S/C18H23FN4O2/c19-16-3-1-4-17(15(16)11-20)22-9-7-21(8-10-22)12-14(24)13-23-6-2-5-18(23)25/h1,3-4,14,24H,2,5-10,12-13H2. The Kier molecular flexibility index (Phi) is 5.51. The molecule has 0 aliphatic carbocycles. The van der Waals surface area contributed by atoms with Crippen molar-refractivity contribution in [2.45, 2.75) is 18.9 Å². The monoisotopic (exact) mass is 346 g/mol. The summed E-state index contributed by atoms with van der Waals surface area (Å²) in [4.78, 5) is 17.5. The second-order valence-electron chi connectivity index (χ2n) is 6.63. The number of halogens is 1. The van der Waals surface area contributed by atoms with Gasteiger partial charge in [0, 0.05) is 52.2 Å². The zero-order valence-corrected chi connectivity index (χ0v) is 14.2. The molecule has 0 aromatic heterocycles. The fourth-order valence-corrected chi connectivity index (χ4v) is 3.57. The van der Waals surface area contributed by atoms with Crippen molar-refractivity contribution in [1.29, 1.82) is 5.26 Å². The number of anilines is 1. The average Bonchev–Trinajstić information content (AvgIpc) is 3.00. The van der Waals surface area contributed by atoms with Gasteiger partial charge in [-0.15, -0.1) is 0 Å². The van der Waals surface area contributed by atoms with Crippen LogP contribution in [0.5, 0.6) is 0 Å². The Morgan fingerprint density at radius 3 is 2.60 bits per heavy atom. The first-order valence-corrected chi connectivity index (χ1v) is 8.70. The van der Waals surface area contributed by atoms with Crippen molar-refractivity contribution in [2.24, 2.45) is 0 Å². The Hall–Kier alpha value is -2.17. The van der Waals surface area contributed by atoms with E-state index in [-0.39, 0.29) is 11.5 Å². The quantitative estimate of drug-likeness (QED) is 0.854. The van der Waals surface area contributed by atoms with Gasteiger partial charge in [0.1, 0.15) is 17.4 Å². The highest BCUT2D eigenvalue weighted by molar-refractivity contribution is 5.78. The Balaban J connectivity index is 1.51. The number of hydrogen-bond donors (Lipinski definition) is 1. The number of likely N-dealkylation sites (tertiary alicyclic amines) is 1. The van der Waals surface area contributed by atoms with Crippen LogP contribution in [0.4, 0.5) is 10.1 Å². The third-order valence-electron chi connectivity index (χ3n) is 4.89. The first-order chi connectivity index (χ1) is 12.1. The van der Waals surface area contributed by atoms with Gasteiger partial charge >= 0.3 is 0 Å². The third-order valence-corrected chi connectivity index (χ3v) is 4.89. The van der Waals surface area contributed by atoms with Crippen LogP contribution in [0.25, 0.3) is 0 Å². The summed E-state index contributed by atoms with van der Waals surface area (Å²) in [5.74, 6) is -0.368. The van der Waals surface area contributed by atoms with Crippen LogP contribution in [0, 0.1) is 17.1 Å². The molecule has 134 valence electrons. The summed E-state index contributed by atoms with van der Waals surface area (Å²) in [6.07, 6.45) is 0.900. The molecule has 0 radical (unpaired) electrons. The van der Waals surface area contributed by atoms with Crippen molar-refractivity contribution >= 4 is 11.6 Å². The van der Waals surface area contributed by atoms with Crippen molar-refractivity contribution in [3.05, 3.63) is 29.6 Å². The number of hydrogen-bond acceptors (Lipinski definition) is 5. The van der Waals surface area contributed by atoms with Crippen LogP contribution in [-0.2, 0) is 4.79 Å². The molecule has 3 rings (SSSR count). The highest BCUT2D eigenvalue weighted by Crippen LogP contribution is 2.23. The minimum Gasteiger partial charge on any atom is -0.390 e. The van der Waals surface area contributed by atoms with Gasteiger partial charge in [0.25, 0.3) is 0 Å². The van der Waals surface area contributed by atoms with E-state index in [2.05, 4.69) is 4.90 Å². The lowest BCUT2D eigenvalue weighted by Crippen LogP contribution is -2.50. The topological polar surface area (TPSA) is 70.8 Å². The molecule has 25 heavy (non-hydrogen) atoms. The molecule has 2 heterocycles. The van der Waals surface area contributed by atoms with E-state index >= 15 is 0 Å². The second kappa shape index (κ2) is 7.81. The number of β-amino-alcohol motifs (C(OH)–C–C–N with tert-alkyl or cyclic N) is 1. The highest BCUT2D eigenvalue weighted by Gasteiger charge is 2.25. The summed E-state index contributed by atoms with van der Waals surface area (Å²) < 4.78 is 13.8. The molecule has 1 unspecified atom stereocenters. The molecule has 1 N–H and O–H groups in total. The maximum Gasteiger partial charge on any atom is 0.222 e. The molecule has 6 nitrogen and oxygen atoms in total. The van der Waals surface area contributed by atoms with Crippen molar-refractivity contribution < 1.29 is 14.3 Å². The normalized spacial score (nSPS) is 20.0. The van der Waals surface area contributed by atoms with E-state index in [1.807, 2.05) is 11.0 Å². The minimum atomic E-state index is -0.558. The summed E-state index contributed by atoms with van der Waals surface area (Å²) in [6, 6.07) is 6.63. The number of carbonyl (C=O) groups excluding carboxylic acids is 1. The van der Waals surface area contributed by atoms with Gasteiger partial charge in [-0.25, -0.2) is 4.39 Å². The van der Waals surface area contributed by atoms with E-state index in [0.29, 0.717) is 38.3 Å². The van der Waals surface area contributed by atoms with Gasteiger partial charge in [-0.3, -0.25) is 9.69 Å². The Labute approximate surface area is 147 Å². The van der Waals surface area contributed by atoms with E-state index in [0.717, 1.165) is 26.1 Å². The fourth-order valence-electron chi connectivity index (χ4n) is 3.57. The second-order valence-corrected chi connectivity index (χ2v) is 6.63. The largest absolute Gasteiger partial charge is 0.390 e. The SMILES string of the molecule is N#Cc1c(F)cccc1N1CCN(CC(O)CN2CCCC2=O)CC1. The number of nitriles is 1. The first kappa shape index (κ1) is 17.6. The van der Waals surface area contributed by atoms with Crippen molar-refractivity contribution in [3.63, 3.8) is 0 Å². The van der Waals surface area contributed by atoms with E-state index in [4.69, 9.17) is 5.26 Å². The van der Waals surface area contributed by atoms with Gasteiger partial charge in [0.15, 0.2) is 0 Å². The number of aliphatic hydroxyl groups is 1. The summed E-state index contributed by atoms with van der Waals surface area (Å²) in [6.45, 7) is 4.45. The summed E-state index contributed by atoms with van der Waals surface area (Å²) in [5.41, 5.74) is 0.717. The van der Waals surface area contributed by atoms with Crippen LogP contribution in [0.15, 0.2) is 18.2 Å². The highest BCUT2D eigenvalue weighted by atomic mass is 19.1. The van der Waals surface area contributed by atoms with Gasteiger partial charge in [-0.1, -0.05) is 6.07 Å². The molecular weight excluding hydrogens is 323 g/mol. The van der Waals surface area contributed by atoms with Crippen molar-refractivity contribution in [3.8, 4) is 6.07 Å². The van der Waals surface area contributed by atoms with Crippen molar-refractivity contribution in [1.82, 2.24) is 9.80 Å². The molecule has 1 amide bonds. The van der Waals surface area contributed by atoms with Gasteiger partial charge in [0.2, 0.25) is 5.91 Å². The summed E-state index contributed by atoms with van der Waals surface area (Å²) >= 11 is 0. The Morgan fingerprint density at radius 1 is 1.20 bits per heavy atom. The smallest absolute Gasteiger partial charge is 0.222 e. The molecule has 0 spiro atoms. The van der Waals surface area contributed by atoms with E-state index in [1.165, 1.54) is 6.07 Å². The lowest BCUT2D eigenvalue weighted by atomic mass is 10.1. The number of rotatable bonds is 5. The summed E-state index contributed by atoms with van der Waals surface area (Å²) in [5, 5.41) is 19.4. The Morgan fingerprint density at radius 2 is 1.96 bits per heavy atom. The van der Waals surface area contributed by atoms with Gasteiger partial charge < -0.3 is 14.9 Å². The molecule has 0 saturated carbocycles. The number of amides is 1. The van der Waals surface area contributed by atoms with E-state index < -0.39 is 11.9 Å². The van der Waals surface area contributed by atoms with Crippen molar-refractivity contribution in [2.75, 3.05) is 50.7 Å². The molecule has 0 bridgehead atoms. The van der Waals surface area contributed by atoms with Crippen LogP contribution >= 0.6 is 0 Å². The number of aliphatic hydroxyl groups excluding tert-OH is 1. The van der Waals surface area contributed by atoms with Crippen LogP contribution in [0.2, 0.25) is 0 Å². The zero-order chi connectivity index (χ0) is 17.8. The van der Waals surface area contributed by atoms with E-state index in [1.54, 1.807) is 17.0 Å². The molecule has 2 aliphatic rings. The van der Waals surface area contributed by atoms with Crippen LogP contribution in [0.1, 0.15) is 18.4 Å². The predicted octanol–water partition coefficient (Wildman–Crippen LogP) is 0.803. The maximum atomic E-state index is 13.8. The Bertz CT molecular complexity index is 668. The van der Waals surface area contributed by atoms with Gasteiger partial charge in [-0.2, -0.15) is 5.26 Å². The molecule has 1 aromatic rings. The minimum absolute atomic E-state index is 0.0866. The van der Waals surface area contributed by atoms with Crippen LogP contribution in [0.3, 0.4) is 0 Å².